The second kappa shape index (κ2) is 9.35. The van der Waals surface area contributed by atoms with Gasteiger partial charge >= 0.3 is 12.6 Å². The molecule has 2 atom stereocenters. The largest absolute Gasteiger partial charge is 0.435 e. The summed E-state index contributed by atoms with van der Waals surface area (Å²) in [5.74, 6) is -0.0258. The maximum Gasteiger partial charge on any atom is 0.387 e. The molecular formula is C18H25F2N3O3. The van der Waals surface area contributed by atoms with Crippen molar-refractivity contribution in [3.63, 3.8) is 0 Å². The molecule has 0 aliphatic carbocycles. The highest BCUT2D eigenvalue weighted by Gasteiger charge is 2.23. The van der Waals surface area contributed by atoms with Gasteiger partial charge in [0.05, 0.1) is 6.04 Å². The zero-order valence-electron chi connectivity index (χ0n) is 15.0. The van der Waals surface area contributed by atoms with Gasteiger partial charge in [0.2, 0.25) is 5.91 Å². The van der Waals surface area contributed by atoms with Crippen LogP contribution in [0, 0.1) is 0 Å². The average Bonchev–Trinajstić information content (AvgIpc) is 2.61. The van der Waals surface area contributed by atoms with Crippen molar-refractivity contribution in [2.45, 2.75) is 51.8 Å². The maximum absolute atomic E-state index is 12.3. The lowest BCUT2D eigenvalue weighted by atomic mass is 10.1. The van der Waals surface area contributed by atoms with Gasteiger partial charge in [0, 0.05) is 13.1 Å². The predicted octanol–water partition coefficient (Wildman–Crippen LogP) is 3.05. The number of piperidine rings is 1. The molecule has 0 bridgehead atoms. The normalized spacial score (nSPS) is 16.7. The molecule has 0 unspecified atom stereocenters. The first-order chi connectivity index (χ1) is 12.4. The molecule has 0 radical (unpaired) electrons. The number of amides is 3. The van der Waals surface area contributed by atoms with E-state index in [9.17, 15) is 18.4 Å². The number of alkyl halides is 2. The third-order valence-corrected chi connectivity index (χ3v) is 4.34. The van der Waals surface area contributed by atoms with E-state index < -0.39 is 18.7 Å². The summed E-state index contributed by atoms with van der Waals surface area (Å²) in [6, 6.07) is 4.62. The minimum absolute atomic E-state index is 0.0566. The van der Waals surface area contributed by atoms with Crippen molar-refractivity contribution in [3.05, 3.63) is 29.8 Å². The average molecular weight is 369 g/mol. The van der Waals surface area contributed by atoms with Gasteiger partial charge in [0.25, 0.3) is 0 Å². The van der Waals surface area contributed by atoms with Crippen molar-refractivity contribution in [3.8, 4) is 5.75 Å². The lowest BCUT2D eigenvalue weighted by molar-refractivity contribution is -0.133. The van der Waals surface area contributed by atoms with Crippen molar-refractivity contribution in [1.82, 2.24) is 15.5 Å². The molecule has 0 aromatic heterocycles. The third kappa shape index (κ3) is 5.86. The fourth-order valence-corrected chi connectivity index (χ4v) is 2.91. The fraction of sp³-hybridized carbons (Fsp3) is 0.556. The number of nitrogens with one attached hydrogen (secondary N) is 2. The number of ether oxygens (including phenoxy) is 1. The Kier molecular flexibility index (Phi) is 7.17. The van der Waals surface area contributed by atoms with Crippen LogP contribution in [-0.2, 0) is 4.79 Å². The van der Waals surface area contributed by atoms with Crippen molar-refractivity contribution < 1.29 is 23.1 Å². The first-order valence-corrected chi connectivity index (χ1v) is 8.77. The summed E-state index contributed by atoms with van der Waals surface area (Å²) in [6.45, 7) is 2.02. The highest BCUT2D eigenvalue weighted by atomic mass is 19.3. The first-order valence-electron chi connectivity index (χ1n) is 8.77. The van der Waals surface area contributed by atoms with Crippen LogP contribution in [0.2, 0.25) is 0 Å². The monoisotopic (exact) mass is 369 g/mol. The van der Waals surface area contributed by atoms with Gasteiger partial charge in [-0.2, -0.15) is 8.78 Å². The van der Waals surface area contributed by atoms with E-state index >= 15 is 0 Å². The van der Waals surface area contributed by atoms with E-state index in [1.54, 1.807) is 30.9 Å². The van der Waals surface area contributed by atoms with E-state index in [2.05, 4.69) is 15.4 Å². The topological polar surface area (TPSA) is 70.7 Å². The van der Waals surface area contributed by atoms with E-state index in [-0.39, 0.29) is 17.7 Å². The van der Waals surface area contributed by atoms with Crippen LogP contribution in [0.4, 0.5) is 13.6 Å². The number of urea groups is 1. The molecule has 0 spiro atoms. The van der Waals surface area contributed by atoms with Crippen molar-refractivity contribution in [2.24, 2.45) is 0 Å². The Morgan fingerprint density at radius 2 is 1.65 bits per heavy atom. The zero-order valence-corrected chi connectivity index (χ0v) is 15.0. The molecule has 1 aliphatic rings. The molecule has 26 heavy (non-hydrogen) atoms. The van der Waals surface area contributed by atoms with Crippen molar-refractivity contribution in [1.29, 1.82) is 0 Å². The van der Waals surface area contributed by atoms with Gasteiger partial charge in [0.15, 0.2) is 0 Å². The molecule has 1 aromatic rings. The third-order valence-electron chi connectivity index (χ3n) is 4.34. The molecular weight excluding hydrogens is 344 g/mol. The number of nitrogens with zero attached hydrogens (tertiary/aromatic N) is 1. The standard InChI is InChI=1S/C18H25F2N3O3/c1-12(14-6-8-15(9-7-14)26-17(19)20)21-18(25)22-13(2)16(24)23-10-4-3-5-11-23/h6-9,12-13,17H,3-5,10-11H2,1-2H3,(H2,21,22,25)/t12-,13+/m1/s1. The van der Waals surface area contributed by atoms with Crippen LogP contribution in [0.1, 0.15) is 44.7 Å². The van der Waals surface area contributed by atoms with Gasteiger partial charge in [-0.05, 0) is 50.8 Å². The van der Waals surface area contributed by atoms with Crippen molar-refractivity contribution in [2.75, 3.05) is 13.1 Å². The van der Waals surface area contributed by atoms with Crippen molar-refractivity contribution >= 4 is 11.9 Å². The molecule has 1 heterocycles. The lowest BCUT2D eigenvalue weighted by Crippen LogP contribution is -2.51. The summed E-state index contributed by atoms with van der Waals surface area (Å²) >= 11 is 0. The van der Waals surface area contributed by atoms with Crippen LogP contribution in [0.15, 0.2) is 24.3 Å². The predicted molar refractivity (Wildman–Crippen MR) is 93.0 cm³/mol. The minimum atomic E-state index is -2.87. The van der Waals surface area contributed by atoms with Crippen LogP contribution in [0.5, 0.6) is 5.75 Å². The second-order valence-corrected chi connectivity index (χ2v) is 6.39. The Bertz CT molecular complexity index is 604. The summed E-state index contributed by atoms with van der Waals surface area (Å²) in [4.78, 5) is 26.2. The highest BCUT2D eigenvalue weighted by Crippen LogP contribution is 2.19. The molecule has 8 heteroatoms. The number of carbonyl (C=O) groups is 2. The van der Waals surface area contributed by atoms with Gasteiger partial charge in [-0.1, -0.05) is 12.1 Å². The fourth-order valence-electron chi connectivity index (χ4n) is 2.91. The molecule has 1 saturated heterocycles. The van der Waals surface area contributed by atoms with Gasteiger partial charge in [-0.3, -0.25) is 4.79 Å². The maximum atomic E-state index is 12.3. The van der Waals surface area contributed by atoms with Crippen LogP contribution >= 0.6 is 0 Å². The van der Waals surface area contributed by atoms with E-state index in [0.717, 1.165) is 37.9 Å². The van der Waals surface area contributed by atoms with Crippen LogP contribution in [0.25, 0.3) is 0 Å². The van der Waals surface area contributed by atoms with Gasteiger partial charge in [-0.25, -0.2) is 4.79 Å². The quantitative estimate of drug-likeness (QED) is 0.810. The van der Waals surface area contributed by atoms with Gasteiger partial charge in [0.1, 0.15) is 11.8 Å². The second-order valence-electron chi connectivity index (χ2n) is 6.39. The Hall–Kier alpha value is -2.38. The zero-order chi connectivity index (χ0) is 19.1. The number of benzene rings is 1. The van der Waals surface area contributed by atoms with E-state index in [1.165, 1.54) is 12.1 Å². The minimum Gasteiger partial charge on any atom is -0.435 e. The Morgan fingerprint density at radius 1 is 1.04 bits per heavy atom. The summed E-state index contributed by atoms with van der Waals surface area (Å²) in [5.41, 5.74) is 0.733. The van der Waals surface area contributed by atoms with Gasteiger partial charge in [-0.15, -0.1) is 0 Å². The molecule has 1 fully saturated rings. The smallest absolute Gasteiger partial charge is 0.387 e. The summed E-state index contributed by atoms with van der Waals surface area (Å²) in [7, 11) is 0. The molecule has 2 rings (SSSR count). The molecule has 2 N–H and O–H groups in total. The number of hydrogen-bond acceptors (Lipinski definition) is 3. The van der Waals surface area contributed by atoms with Crippen LogP contribution in [0.3, 0.4) is 0 Å². The van der Waals surface area contributed by atoms with Gasteiger partial charge < -0.3 is 20.3 Å². The highest BCUT2D eigenvalue weighted by molar-refractivity contribution is 5.86. The Morgan fingerprint density at radius 3 is 2.23 bits per heavy atom. The van der Waals surface area contributed by atoms with Crippen LogP contribution in [-0.4, -0.2) is 42.6 Å². The molecule has 1 aromatic carbocycles. The number of likely N-dealkylation sites (tertiary alicyclic amines) is 1. The first kappa shape index (κ1) is 19.9. The van der Waals surface area contributed by atoms with Crippen LogP contribution < -0.4 is 15.4 Å². The summed E-state index contributed by atoms with van der Waals surface area (Å²) in [5, 5.41) is 5.39. The lowest BCUT2D eigenvalue weighted by Gasteiger charge is -2.29. The number of rotatable bonds is 6. The summed E-state index contributed by atoms with van der Waals surface area (Å²) in [6.07, 6.45) is 3.12. The number of carbonyl (C=O) groups excluding carboxylic acids is 2. The molecule has 0 saturated carbocycles. The molecule has 144 valence electrons. The molecule has 6 nitrogen and oxygen atoms in total. The Labute approximate surface area is 151 Å². The van der Waals surface area contributed by atoms with E-state index in [4.69, 9.17) is 0 Å². The number of halogens is 2. The summed E-state index contributed by atoms with van der Waals surface area (Å²) < 4.78 is 28.6. The SMILES string of the molecule is C[C@H](NC(=O)N[C@H](C)c1ccc(OC(F)F)cc1)C(=O)N1CCCCC1. The van der Waals surface area contributed by atoms with E-state index in [0.29, 0.717) is 0 Å². The molecule has 1 aliphatic heterocycles. The molecule has 3 amide bonds. The Balaban J connectivity index is 1.83. The van der Waals surface area contributed by atoms with E-state index in [1.807, 2.05) is 0 Å². The number of hydrogen-bond donors (Lipinski definition) is 2.